The number of hydrogen-bond acceptors (Lipinski definition) is 4. The fourth-order valence-electron chi connectivity index (χ4n) is 3.78. The van der Waals surface area contributed by atoms with Gasteiger partial charge in [-0.15, -0.1) is 0 Å². The Morgan fingerprint density at radius 3 is 2.22 bits per heavy atom. The maximum atomic E-state index is 12.8. The summed E-state index contributed by atoms with van der Waals surface area (Å²) >= 11 is 0. The minimum absolute atomic E-state index is 0.0487. The van der Waals surface area contributed by atoms with Crippen molar-refractivity contribution in [3.63, 3.8) is 0 Å². The van der Waals surface area contributed by atoms with Gasteiger partial charge in [0.05, 0.1) is 10.3 Å². The highest BCUT2D eigenvalue weighted by Gasteiger charge is 2.44. The molecule has 0 radical (unpaired) electrons. The zero-order valence-electron chi connectivity index (χ0n) is 15.7. The molecule has 1 aromatic carbocycles. The number of hydrogen-bond donors (Lipinski definition) is 1. The van der Waals surface area contributed by atoms with Gasteiger partial charge in [-0.25, -0.2) is 8.42 Å². The van der Waals surface area contributed by atoms with E-state index >= 15 is 0 Å². The minimum Gasteiger partial charge on any atom is -0.481 e. The summed E-state index contributed by atoms with van der Waals surface area (Å²) in [6.07, 6.45) is 1.38. The molecule has 2 fully saturated rings. The highest BCUT2D eigenvalue weighted by molar-refractivity contribution is 7.89. The molecule has 27 heavy (non-hydrogen) atoms. The van der Waals surface area contributed by atoms with E-state index in [2.05, 4.69) is 0 Å². The maximum Gasteiger partial charge on any atom is 0.311 e. The van der Waals surface area contributed by atoms with Crippen molar-refractivity contribution in [2.45, 2.75) is 38.0 Å². The first kappa shape index (κ1) is 19.8. The van der Waals surface area contributed by atoms with Crippen LogP contribution in [-0.2, 0) is 19.6 Å². The quantitative estimate of drug-likeness (QED) is 0.839. The number of aryl methyl sites for hydroxylation is 1. The molecule has 2 aliphatic rings. The molecule has 0 bridgehead atoms. The van der Waals surface area contributed by atoms with Crippen LogP contribution in [0.4, 0.5) is 0 Å². The zero-order valence-corrected chi connectivity index (χ0v) is 16.5. The molecular formula is C19H26N2O5S. The Kier molecular flexibility index (Phi) is 5.31. The second-order valence-electron chi connectivity index (χ2n) is 7.87. The molecule has 1 unspecified atom stereocenters. The average molecular weight is 394 g/mol. The van der Waals surface area contributed by atoms with Gasteiger partial charge in [-0.1, -0.05) is 17.7 Å². The number of rotatable bonds is 4. The second kappa shape index (κ2) is 7.24. The van der Waals surface area contributed by atoms with E-state index in [4.69, 9.17) is 0 Å². The minimum atomic E-state index is -3.55. The first-order valence-electron chi connectivity index (χ1n) is 9.22. The highest BCUT2D eigenvalue weighted by Crippen LogP contribution is 2.33. The van der Waals surface area contributed by atoms with Gasteiger partial charge in [0.25, 0.3) is 0 Å². The molecule has 7 nitrogen and oxygen atoms in total. The number of carbonyl (C=O) groups is 2. The van der Waals surface area contributed by atoms with Crippen molar-refractivity contribution < 1.29 is 23.1 Å². The lowest BCUT2D eigenvalue weighted by atomic mass is 9.90. The molecule has 1 amide bonds. The Bertz CT molecular complexity index is 828. The summed E-state index contributed by atoms with van der Waals surface area (Å²) < 4.78 is 27.0. The fourth-order valence-corrected chi connectivity index (χ4v) is 5.25. The van der Waals surface area contributed by atoms with E-state index in [1.807, 2.05) is 6.92 Å². The summed E-state index contributed by atoms with van der Waals surface area (Å²) in [6.45, 7) is 4.85. The van der Waals surface area contributed by atoms with Crippen molar-refractivity contribution in [3.05, 3.63) is 29.8 Å². The summed E-state index contributed by atoms with van der Waals surface area (Å²) in [6, 6.07) is 6.77. The predicted octanol–water partition coefficient (Wildman–Crippen LogP) is 1.72. The van der Waals surface area contributed by atoms with Crippen LogP contribution in [0.2, 0.25) is 0 Å². The van der Waals surface area contributed by atoms with Gasteiger partial charge in [-0.05, 0) is 45.2 Å². The maximum absolute atomic E-state index is 12.8. The number of sulfonamides is 1. The van der Waals surface area contributed by atoms with Crippen molar-refractivity contribution in [1.29, 1.82) is 0 Å². The molecule has 2 saturated heterocycles. The molecule has 1 aromatic rings. The van der Waals surface area contributed by atoms with Crippen molar-refractivity contribution in [2.75, 3.05) is 26.2 Å². The van der Waals surface area contributed by atoms with Crippen molar-refractivity contribution in [2.24, 2.45) is 11.3 Å². The van der Waals surface area contributed by atoms with Crippen LogP contribution < -0.4 is 0 Å². The van der Waals surface area contributed by atoms with E-state index in [-0.39, 0.29) is 23.3 Å². The zero-order chi connectivity index (χ0) is 19.8. The molecule has 0 aromatic heterocycles. The highest BCUT2D eigenvalue weighted by atomic mass is 32.2. The molecule has 2 aliphatic heterocycles. The summed E-state index contributed by atoms with van der Waals surface area (Å²) in [5, 5.41) is 9.32. The summed E-state index contributed by atoms with van der Waals surface area (Å²) in [5.41, 5.74) is 0.114. The summed E-state index contributed by atoms with van der Waals surface area (Å²) in [7, 11) is -3.55. The summed E-state index contributed by atoms with van der Waals surface area (Å²) in [4.78, 5) is 26.0. The van der Waals surface area contributed by atoms with Gasteiger partial charge in [-0.2, -0.15) is 4.31 Å². The van der Waals surface area contributed by atoms with E-state index < -0.39 is 21.4 Å². The lowest BCUT2D eigenvalue weighted by Crippen LogP contribution is -2.44. The monoisotopic (exact) mass is 394 g/mol. The van der Waals surface area contributed by atoms with Crippen LogP contribution in [0.15, 0.2) is 29.2 Å². The van der Waals surface area contributed by atoms with Gasteiger partial charge in [0.15, 0.2) is 0 Å². The van der Waals surface area contributed by atoms with E-state index in [9.17, 15) is 23.1 Å². The largest absolute Gasteiger partial charge is 0.481 e. The third-order valence-electron chi connectivity index (χ3n) is 5.76. The Labute approximate surface area is 160 Å². The number of likely N-dealkylation sites (tertiary alicyclic amines) is 1. The molecular weight excluding hydrogens is 368 g/mol. The van der Waals surface area contributed by atoms with Crippen molar-refractivity contribution >= 4 is 21.9 Å². The van der Waals surface area contributed by atoms with Crippen LogP contribution in [-0.4, -0.2) is 60.8 Å². The number of amides is 1. The van der Waals surface area contributed by atoms with Gasteiger partial charge in [0, 0.05) is 32.1 Å². The number of aliphatic carboxylic acids is 1. The molecule has 2 heterocycles. The number of benzene rings is 1. The SMILES string of the molecule is Cc1ccc(S(=O)(=O)N2CCC(C(=O)N3CCC(C)(C(=O)O)C3)CC2)cc1. The molecule has 0 saturated carbocycles. The fraction of sp³-hybridized carbons (Fsp3) is 0.579. The lowest BCUT2D eigenvalue weighted by molar-refractivity contribution is -0.147. The van der Waals surface area contributed by atoms with Crippen molar-refractivity contribution in [1.82, 2.24) is 9.21 Å². The number of piperidine rings is 1. The second-order valence-corrected chi connectivity index (χ2v) is 9.80. The number of nitrogens with zero attached hydrogens (tertiary/aromatic N) is 2. The molecule has 0 spiro atoms. The van der Waals surface area contributed by atoms with Crippen LogP contribution in [0.1, 0.15) is 31.7 Å². The van der Waals surface area contributed by atoms with E-state index in [1.165, 1.54) is 4.31 Å². The Morgan fingerprint density at radius 1 is 1.11 bits per heavy atom. The topological polar surface area (TPSA) is 95.0 Å². The van der Waals surface area contributed by atoms with Crippen LogP contribution in [0, 0.1) is 18.3 Å². The van der Waals surface area contributed by atoms with Gasteiger partial charge < -0.3 is 10.0 Å². The predicted molar refractivity (Wildman–Crippen MR) is 99.6 cm³/mol. The Morgan fingerprint density at radius 2 is 1.70 bits per heavy atom. The normalized spacial score (nSPS) is 24.9. The molecule has 3 rings (SSSR count). The molecule has 8 heteroatoms. The van der Waals surface area contributed by atoms with Gasteiger partial charge in [0.2, 0.25) is 15.9 Å². The first-order chi connectivity index (χ1) is 12.6. The van der Waals surface area contributed by atoms with Crippen LogP contribution >= 0.6 is 0 Å². The first-order valence-corrected chi connectivity index (χ1v) is 10.7. The van der Waals surface area contributed by atoms with Crippen LogP contribution in [0.25, 0.3) is 0 Å². The van der Waals surface area contributed by atoms with Crippen molar-refractivity contribution in [3.8, 4) is 0 Å². The molecule has 1 N–H and O–H groups in total. The Balaban J connectivity index is 1.61. The summed E-state index contributed by atoms with van der Waals surface area (Å²) in [5.74, 6) is -1.17. The average Bonchev–Trinajstić information content (AvgIpc) is 3.05. The molecule has 0 aliphatic carbocycles. The molecule has 1 atom stereocenters. The van der Waals surface area contributed by atoms with E-state index in [0.29, 0.717) is 38.9 Å². The van der Waals surface area contributed by atoms with E-state index in [0.717, 1.165) is 5.56 Å². The van der Waals surface area contributed by atoms with Crippen LogP contribution in [0.5, 0.6) is 0 Å². The third-order valence-corrected chi connectivity index (χ3v) is 7.68. The number of carboxylic acids is 1. The smallest absolute Gasteiger partial charge is 0.311 e. The number of carbonyl (C=O) groups excluding carboxylic acids is 1. The van der Waals surface area contributed by atoms with Gasteiger partial charge in [-0.3, -0.25) is 9.59 Å². The van der Waals surface area contributed by atoms with Gasteiger partial charge >= 0.3 is 5.97 Å². The standard InChI is InChI=1S/C19H26N2O5S/c1-14-3-5-16(6-4-14)27(25,26)21-10-7-15(8-11-21)17(22)20-12-9-19(2,13-20)18(23)24/h3-6,15H,7-13H2,1-2H3,(H,23,24). The molecule has 148 valence electrons. The third kappa shape index (κ3) is 3.87. The lowest BCUT2D eigenvalue weighted by Gasteiger charge is -2.32. The number of carboxylic acid groups (broad SMARTS) is 1. The van der Waals surface area contributed by atoms with Gasteiger partial charge in [0.1, 0.15) is 0 Å². The van der Waals surface area contributed by atoms with Crippen LogP contribution in [0.3, 0.4) is 0 Å². The van der Waals surface area contributed by atoms with E-state index in [1.54, 1.807) is 36.1 Å². The Hall–Kier alpha value is -1.93.